The topological polar surface area (TPSA) is 79.3 Å². The number of rotatable bonds is 6. The third-order valence-corrected chi connectivity index (χ3v) is 10.2. The second kappa shape index (κ2) is 11.7. The minimum atomic E-state index is -0.526. The highest BCUT2D eigenvalue weighted by Crippen LogP contribution is 2.49. The van der Waals surface area contributed by atoms with Crippen molar-refractivity contribution in [1.82, 2.24) is 14.7 Å². The number of piperidine rings is 1. The average Bonchev–Trinajstić information content (AvgIpc) is 3.79. The molecule has 7 nitrogen and oxygen atoms in total. The molecule has 3 fully saturated rings. The molecule has 228 valence electrons. The highest BCUT2D eigenvalue weighted by atomic mass is 19.1. The molecular formula is C36H40FN5O2. The number of aryl methyl sites for hydroxylation is 2. The highest BCUT2D eigenvalue weighted by Gasteiger charge is 2.50. The number of carbonyl (C=O) groups excluding carboxylic acids is 2. The fourth-order valence-corrected chi connectivity index (χ4v) is 8.00. The number of nitrogens with zero attached hydrogens (tertiary/aromatic N) is 3. The zero-order valence-corrected chi connectivity index (χ0v) is 25.4. The number of amides is 2. The zero-order chi connectivity index (χ0) is 30.4. The fourth-order valence-electron chi connectivity index (χ4n) is 8.00. The van der Waals surface area contributed by atoms with E-state index in [1.807, 2.05) is 42.3 Å². The number of hydrogen-bond donors (Lipinski definition) is 2. The van der Waals surface area contributed by atoms with Gasteiger partial charge in [0.1, 0.15) is 5.82 Å². The zero-order valence-electron chi connectivity index (χ0n) is 25.4. The summed E-state index contributed by atoms with van der Waals surface area (Å²) < 4.78 is 17.1. The minimum absolute atomic E-state index is 0.0439. The lowest BCUT2D eigenvalue weighted by Gasteiger charge is -2.48. The Bertz CT molecular complexity index is 1670. The second-order valence-electron chi connectivity index (χ2n) is 13.0. The Morgan fingerprint density at radius 1 is 0.932 bits per heavy atom. The van der Waals surface area contributed by atoms with Crippen LogP contribution in [0.4, 0.5) is 15.8 Å². The molecule has 2 saturated carbocycles. The molecule has 7 rings (SSSR count). The molecule has 1 aliphatic heterocycles. The van der Waals surface area contributed by atoms with Gasteiger partial charge >= 0.3 is 0 Å². The van der Waals surface area contributed by atoms with Gasteiger partial charge in [0.25, 0.3) is 5.91 Å². The van der Waals surface area contributed by atoms with Gasteiger partial charge < -0.3 is 15.5 Å². The van der Waals surface area contributed by atoms with Gasteiger partial charge in [0.15, 0.2) is 0 Å². The number of anilines is 2. The third-order valence-electron chi connectivity index (χ3n) is 10.2. The number of benzene rings is 3. The van der Waals surface area contributed by atoms with E-state index in [0.717, 1.165) is 41.4 Å². The molecule has 0 spiro atoms. The molecular weight excluding hydrogens is 553 g/mol. The van der Waals surface area contributed by atoms with E-state index in [9.17, 15) is 9.59 Å². The SMILES string of the molecule is Cc1cccc(F)c1C(=O)N1C(c2ccc(NC3CCCC3)cc2)C(C(=O)Nc2ccc3cnn(C)c3c2)C[C@@H]2CCC[C@@H]21. The van der Waals surface area contributed by atoms with E-state index < -0.39 is 17.8 Å². The van der Waals surface area contributed by atoms with Gasteiger partial charge in [-0.15, -0.1) is 0 Å². The van der Waals surface area contributed by atoms with E-state index in [1.165, 1.54) is 31.7 Å². The Labute approximate surface area is 257 Å². The summed E-state index contributed by atoms with van der Waals surface area (Å²) in [7, 11) is 1.88. The number of fused-ring (bicyclic) bond motifs is 2. The van der Waals surface area contributed by atoms with Gasteiger partial charge in [0.05, 0.1) is 29.2 Å². The molecule has 3 aromatic carbocycles. The molecule has 2 amide bonds. The molecule has 2 heterocycles. The summed E-state index contributed by atoms with van der Waals surface area (Å²) in [5.74, 6) is -1.29. The maximum absolute atomic E-state index is 15.3. The Hall–Kier alpha value is -4.20. The lowest BCUT2D eigenvalue weighted by atomic mass is 9.76. The van der Waals surface area contributed by atoms with E-state index in [-0.39, 0.29) is 29.3 Å². The smallest absolute Gasteiger partial charge is 0.257 e. The van der Waals surface area contributed by atoms with Crippen LogP contribution in [0, 0.1) is 24.6 Å². The monoisotopic (exact) mass is 593 g/mol. The summed E-state index contributed by atoms with van der Waals surface area (Å²) in [6.45, 7) is 1.78. The van der Waals surface area contributed by atoms with Gasteiger partial charge in [-0.05, 0) is 92.5 Å². The normalized spacial score (nSPS) is 23.6. The molecule has 4 atom stereocenters. The predicted octanol–water partition coefficient (Wildman–Crippen LogP) is 7.39. The number of carbonyl (C=O) groups is 2. The molecule has 0 bridgehead atoms. The molecule has 2 N–H and O–H groups in total. The van der Waals surface area contributed by atoms with Crippen LogP contribution in [-0.4, -0.2) is 38.6 Å². The van der Waals surface area contributed by atoms with Crippen LogP contribution in [0.5, 0.6) is 0 Å². The quantitative estimate of drug-likeness (QED) is 0.244. The van der Waals surface area contributed by atoms with Crippen LogP contribution in [-0.2, 0) is 11.8 Å². The van der Waals surface area contributed by atoms with Crippen molar-refractivity contribution in [3.63, 3.8) is 0 Å². The third kappa shape index (κ3) is 5.24. The molecule has 8 heteroatoms. The van der Waals surface area contributed by atoms with Crippen LogP contribution in [0.15, 0.2) is 66.9 Å². The highest BCUT2D eigenvalue weighted by molar-refractivity contribution is 5.99. The molecule has 3 aliphatic rings. The largest absolute Gasteiger partial charge is 0.382 e. The van der Waals surface area contributed by atoms with E-state index in [2.05, 4.69) is 27.9 Å². The van der Waals surface area contributed by atoms with E-state index in [4.69, 9.17) is 0 Å². The van der Waals surface area contributed by atoms with Crippen molar-refractivity contribution in [3.05, 3.63) is 89.4 Å². The molecule has 4 aromatic rings. The Kier molecular flexibility index (Phi) is 7.60. The van der Waals surface area contributed by atoms with E-state index in [1.54, 1.807) is 29.9 Å². The fraction of sp³-hybridized carbons (Fsp3) is 0.417. The van der Waals surface area contributed by atoms with Crippen molar-refractivity contribution in [1.29, 1.82) is 0 Å². The maximum atomic E-state index is 15.3. The Balaban J connectivity index is 1.27. The standard InChI is InChI=1S/C36H40FN5O2/c1-22-7-5-11-30(37)33(22)36(44)42-31-12-6-8-24(31)19-29(35(43)40-28-18-15-25-21-38-41(2)32(25)20-28)34(42)23-13-16-27(17-14-23)39-26-9-3-4-10-26/h5,7,11,13-18,20-21,24,26,29,31,34,39H,3-4,6,8-10,12,19H2,1-2H3,(H,40,43)/t24-,29?,31-,34?/m0/s1. The van der Waals surface area contributed by atoms with Gasteiger partial charge in [0, 0.05) is 35.9 Å². The molecule has 2 unspecified atom stereocenters. The summed E-state index contributed by atoms with van der Waals surface area (Å²) in [4.78, 5) is 30.6. The first kappa shape index (κ1) is 28.6. The molecule has 2 aliphatic carbocycles. The van der Waals surface area contributed by atoms with Gasteiger partial charge in [-0.1, -0.05) is 43.5 Å². The number of halogens is 1. The predicted molar refractivity (Wildman–Crippen MR) is 171 cm³/mol. The van der Waals surface area contributed by atoms with E-state index >= 15 is 4.39 Å². The number of nitrogens with one attached hydrogen (secondary N) is 2. The first-order valence-corrected chi connectivity index (χ1v) is 16.0. The van der Waals surface area contributed by atoms with Crippen molar-refractivity contribution in [2.75, 3.05) is 10.6 Å². The average molecular weight is 594 g/mol. The Morgan fingerprint density at radius 3 is 2.48 bits per heavy atom. The van der Waals surface area contributed by atoms with Crippen LogP contribution in [0.25, 0.3) is 10.9 Å². The molecule has 0 radical (unpaired) electrons. The van der Waals surface area contributed by atoms with Crippen molar-refractivity contribution >= 4 is 34.1 Å². The van der Waals surface area contributed by atoms with Crippen LogP contribution in [0.1, 0.15) is 78.9 Å². The van der Waals surface area contributed by atoms with Crippen molar-refractivity contribution in [2.45, 2.75) is 76.4 Å². The first-order valence-electron chi connectivity index (χ1n) is 16.0. The second-order valence-corrected chi connectivity index (χ2v) is 13.0. The number of aromatic nitrogens is 2. The van der Waals surface area contributed by atoms with Crippen molar-refractivity contribution < 1.29 is 14.0 Å². The number of hydrogen-bond acceptors (Lipinski definition) is 4. The Morgan fingerprint density at radius 2 is 1.70 bits per heavy atom. The minimum Gasteiger partial charge on any atom is -0.382 e. The van der Waals surface area contributed by atoms with E-state index in [0.29, 0.717) is 23.7 Å². The summed E-state index contributed by atoms with van der Waals surface area (Å²) in [6, 6.07) is 18.7. The summed E-state index contributed by atoms with van der Waals surface area (Å²) in [6.07, 6.45) is 10.1. The number of likely N-dealkylation sites (tertiary alicyclic amines) is 1. The molecule has 44 heavy (non-hydrogen) atoms. The lowest BCUT2D eigenvalue weighted by Crippen LogP contribution is -2.54. The summed E-state index contributed by atoms with van der Waals surface area (Å²) >= 11 is 0. The van der Waals surface area contributed by atoms with Gasteiger partial charge in [0.2, 0.25) is 5.91 Å². The van der Waals surface area contributed by atoms with Crippen LogP contribution >= 0.6 is 0 Å². The van der Waals surface area contributed by atoms with Crippen molar-refractivity contribution in [2.24, 2.45) is 18.9 Å². The molecule has 1 aromatic heterocycles. The van der Waals surface area contributed by atoms with Gasteiger partial charge in [-0.2, -0.15) is 5.10 Å². The lowest BCUT2D eigenvalue weighted by molar-refractivity contribution is -0.125. The van der Waals surface area contributed by atoms with Gasteiger partial charge in [-0.3, -0.25) is 14.3 Å². The van der Waals surface area contributed by atoms with Crippen LogP contribution < -0.4 is 10.6 Å². The molecule has 1 saturated heterocycles. The van der Waals surface area contributed by atoms with Crippen LogP contribution in [0.3, 0.4) is 0 Å². The van der Waals surface area contributed by atoms with Gasteiger partial charge in [-0.25, -0.2) is 4.39 Å². The first-order chi connectivity index (χ1) is 21.4. The van der Waals surface area contributed by atoms with Crippen LogP contribution in [0.2, 0.25) is 0 Å². The summed E-state index contributed by atoms with van der Waals surface area (Å²) in [5, 5.41) is 12.2. The van der Waals surface area contributed by atoms with Crippen molar-refractivity contribution in [3.8, 4) is 0 Å². The summed E-state index contributed by atoms with van der Waals surface area (Å²) in [5.41, 5.74) is 4.27. The maximum Gasteiger partial charge on any atom is 0.257 e.